The van der Waals surface area contributed by atoms with E-state index in [9.17, 15) is 4.79 Å². The number of amides is 1. The van der Waals surface area contributed by atoms with Gasteiger partial charge < -0.3 is 4.90 Å². The first-order chi connectivity index (χ1) is 5.74. The van der Waals surface area contributed by atoms with Crippen molar-refractivity contribution in [1.29, 1.82) is 0 Å². The predicted molar refractivity (Wildman–Crippen MR) is 60.1 cm³/mol. The van der Waals surface area contributed by atoms with E-state index in [1.807, 2.05) is 20.9 Å². The van der Waals surface area contributed by atoms with E-state index in [1.54, 1.807) is 16.7 Å². The number of carbonyl (C=O) groups is 1. The second-order valence-electron chi connectivity index (χ2n) is 4.50. The molecule has 0 N–H and O–H groups in total. The molecule has 0 unspecified atom stereocenters. The van der Waals surface area contributed by atoms with Crippen molar-refractivity contribution in [3.63, 3.8) is 0 Å². The molecule has 0 aromatic carbocycles. The van der Waals surface area contributed by atoms with Gasteiger partial charge in [-0.25, -0.2) is 0 Å². The molecule has 0 atom stereocenters. The molecule has 0 radical (unpaired) electrons. The highest BCUT2D eigenvalue weighted by Gasteiger charge is 2.16. The Hall–Kier alpha value is -0.180. The van der Waals surface area contributed by atoms with Crippen molar-refractivity contribution in [2.45, 2.75) is 45.4 Å². The van der Waals surface area contributed by atoms with Crippen LogP contribution in [0.5, 0.6) is 0 Å². The molecule has 0 rings (SSSR count). The molecule has 13 heavy (non-hydrogen) atoms. The predicted octanol–water partition coefficient (Wildman–Crippen LogP) is 2.38. The first-order valence-electron chi connectivity index (χ1n) is 4.63. The number of hydrogen-bond acceptors (Lipinski definition) is 2. The van der Waals surface area contributed by atoms with Crippen molar-refractivity contribution in [3.8, 4) is 0 Å². The summed E-state index contributed by atoms with van der Waals surface area (Å²) in [4.78, 5) is 13.3. The fourth-order valence-corrected chi connectivity index (χ4v) is 1.43. The van der Waals surface area contributed by atoms with Crippen molar-refractivity contribution in [1.82, 2.24) is 4.90 Å². The van der Waals surface area contributed by atoms with Crippen LogP contribution in [0.1, 0.15) is 34.6 Å². The molecule has 0 spiro atoms. The van der Waals surface area contributed by atoms with E-state index in [2.05, 4.69) is 20.8 Å². The van der Waals surface area contributed by atoms with Gasteiger partial charge in [0.15, 0.2) is 0 Å². The van der Waals surface area contributed by atoms with Crippen molar-refractivity contribution in [3.05, 3.63) is 0 Å². The Labute approximate surface area is 86.1 Å². The first kappa shape index (κ1) is 12.8. The summed E-state index contributed by atoms with van der Waals surface area (Å²) in [5, 5.41) is 0. The third-order valence-corrected chi connectivity index (χ3v) is 3.05. The lowest BCUT2D eigenvalue weighted by Gasteiger charge is -2.24. The zero-order valence-corrected chi connectivity index (χ0v) is 10.4. The van der Waals surface area contributed by atoms with Crippen LogP contribution >= 0.6 is 11.8 Å². The smallest absolute Gasteiger partial charge is 0.232 e. The molecule has 0 saturated carbocycles. The fraction of sp³-hybridized carbons (Fsp3) is 0.900. The number of carbonyl (C=O) groups excluding carboxylic acids is 1. The normalized spacial score (nSPS) is 11.9. The second-order valence-corrected chi connectivity index (χ2v) is 6.30. The van der Waals surface area contributed by atoms with Crippen LogP contribution in [0.3, 0.4) is 0 Å². The van der Waals surface area contributed by atoms with Crippen molar-refractivity contribution < 1.29 is 4.79 Å². The highest BCUT2D eigenvalue weighted by atomic mass is 32.2. The maximum Gasteiger partial charge on any atom is 0.232 e. The Balaban J connectivity index is 3.89. The first-order valence-corrected chi connectivity index (χ1v) is 5.62. The molecular formula is C10H21NOS. The number of thioether (sulfide) groups is 1. The minimum atomic E-state index is 0.174. The van der Waals surface area contributed by atoms with Gasteiger partial charge in [-0.15, -0.1) is 11.8 Å². The van der Waals surface area contributed by atoms with Crippen LogP contribution in [0.2, 0.25) is 0 Å². The van der Waals surface area contributed by atoms with Crippen LogP contribution in [0, 0.1) is 0 Å². The molecule has 78 valence electrons. The van der Waals surface area contributed by atoms with Crippen LogP contribution in [0.4, 0.5) is 0 Å². The maximum absolute atomic E-state index is 11.5. The van der Waals surface area contributed by atoms with Crippen LogP contribution < -0.4 is 0 Å². The number of rotatable bonds is 3. The lowest BCUT2D eigenvalue weighted by atomic mass is 10.3. The average Bonchev–Trinajstić information content (AvgIpc) is 1.97. The topological polar surface area (TPSA) is 20.3 Å². The Kier molecular flexibility index (Phi) is 4.82. The van der Waals surface area contributed by atoms with Crippen LogP contribution in [-0.4, -0.2) is 34.4 Å². The summed E-state index contributed by atoms with van der Waals surface area (Å²) in [5.41, 5.74) is 0. The van der Waals surface area contributed by atoms with Gasteiger partial charge in [0.1, 0.15) is 0 Å². The van der Waals surface area contributed by atoms with Crippen LogP contribution in [-0.2, 0) is 4.79 Å². The lowest BCUT2D eigenvalue weighted by molar-refractivity contribution is -0.128. The summed E-state index contributed by atoms with van der Waals surface area (Å²) >= 11 is 1.70. The molecule has 0 bridgehead atoms. The van der Waals surface area contributed by atoms with E-state index in [0.29, 0.717) is 11.8 Å². The van der Waals surface area contributed by atoms with E-state index in [-0.39, 0.29) is 10.7 Å². The molecule has 2 nitrogen and oxygen atoms in total. The Morgan fingerprint density at radius 3 is 2.15 bits per heavy atom. The SMILES string of the molecule is CC(C)N(C)C(=O)CSC(C)(C)C. The minimum absolute atomic E-state index is 0.174. The van der Waals surface area contributed by atoms with Gasteiger partial charge in [0, 0.05) is 17.8 Å². The summed E-state index contributed by atoms with van der Waals surface area (Å²) in [7, 11) is 1.86. The molecule has 0 aliphatic heterocycles. The molecule has 0 aromatic rings. The highest BCUT2D eigenvalue weighted by molar-refractivity contribution is 8.01. The quantitative estimate of drug-likeness (QED) is 0.702. The molecule has 1 amide bonds. The van der Waals surface area contributed by atoms with Gasteiger partial charge in [-0.3, -0.25) is 4.79 Å². The molecule has 0 saturated heterocycles. The third-order valence-electron chi connectivity index (χ3n) is 1.80. The number of hydrogen-bond donors (Lipinski definition) is 0. The standard InChI is InChI=1S/C10H21NOS/c1-8(2)11(6)9(12)7-13-10(3,4)5/h8H,7H2,1-6H3. The van der Waals surface area contributed by atoms with E-state index in [1.165, 1.54) is 0 Å². The summed E-state index contributed by atoms with van der Waals surface area (Å²) in [6, 6.07) is 0.299. The average molecular weight is 203 g/mol. The molecule has 0 aliphatic rings. The largest absolute Gasteiger partial charge is 0.343 e. The van der Waals surface area contributed by atoms with Crippen LogP contribution in [0.25, 0.3) is 0 Å². The summed E-state index contributed by atoms with van der Waals surface area (Å²) < 4.78 is 0.174. The maximum atomic E-state index is 11.5. The van der Waals surface area contributed by atoms with Gasteiger partial charge in [0.05, 0.1) is 5.75 Å². The summed E-state index contributed by atoms with van der Waals surface area (Å²) in [6.45, 7) is 10.4. The zero-order chi connectivity index (χ0) is 10.6. The van der Waals surface area contributed by atoms with E-state index >= 15 is 0 Å². The Bertz CT molecular complexity index is 172. The van der Waals surface area contributed by atoms with Gasteiger partial charge in [-0.1, -0.05) is 20.8 Å². The van der Waals surface area contributed by atoms with Gasteiger partial charge >= 0.3 is 0 Å². The van der Waals surface area contributed by atoms with Crippen molar-refractivity contribution in [2.75, 3.05) is 12.8 Å². The molecule has 0 aromatic heterocycles. The van der Waals surface area contributed by atoms with E-state index in [0.717, 1.165) is 0 Å². The molecule has 0 fully saturated rings. The zero-order valence-electron chi connectivity index (χ0n) is 9.55. The van der Waals surface area contributed by atoms with Gasteiger partial charge in [-0.2, -0.15) is 0 Å². The van der Waals surface area contributed by atoms with Crippen molar-refractivity contribution >= 4 is 17.7 Å². The highest BCUT2D eigenvalue weighted by Crippen LogP contribution is 2.23. The third kappa shape index (κ3) is 5.97. The summed E-state index contributed by atoms with van der Waals surface area (Å²) in [6.07, 6.45) is 0. The molecule has 0 aliphatic carbocycles. The Morgan fingerprint density at radius 2 is 1.85 bits per heavy atom. The van der Waals surface area contributed by atoms with Gasteiger partial charge in [0.25, 0.3) is 0 Å². The lowest BCUT2D eigenvalue weighted by Crippen LogP contribution is -2.35. The van der Waals surface area contributed by atoms with Gasteiger partial charge in [0.2, 0.25) is 5.91 Å². The minimum Gasteiger partial charge on any atom is -0.343 e. The van der Waals surface area contributed by atoms with E-state index < -0.39 is 0 Å². The second kappa shape index (κ2) is 4.89. The Morgan fingerprint density at radius 1 is 1.38 bits per heavy atom. The number of nitrogens with zero attached hydrogens (tertiary/aromatic N) is 1. The van der Waals surface area contributed by atoms with Crippen LogP contribution in [0.15, 0.2) is 0 Å². The fourth-order valence-electron chi connectivity index (χ4n) is 0.668. The molecule has 3 heteroatoms. The molecule has 0 heterocycles. The molecular weight excluding hydrogens is 182 g/mol. The van der Waals surface area contributed by atoms with E-state index in [4.69, 9.17) is 0 Å². The van der Waals surface area contributed by atoms with Crippen molar-refractivity contribution in [2.24, 2.45) is 0 Å². The van der Waals surface area contributed by atoms with Gasteiger partial charge in [-0.05, 0) is 13.8 Å². The summed E-state index contributed by atoms with van der Waals surface area (Å²) in [5.74, 6) is 0.799. The monoisotopic (exact) mass is 203 g/mol.